The number of phenolic OH excluding ortho intramolecular Hbond substituents is 1. The summed E-state index contributed by atoms with van der Waals surface area (Å²) < 4.78 is 5.86. The summed E-state index contributed by atoms with van der Waals surface area (Å²) in [6.45, 7) is 5.34. The van der Waals surface area contributed by atoms with Gasteiger partial charge in [0.15, 0.2) is 11.5 Å². The van der Waals surface area contributed by atoms with Crippen LogP contribution in [0.2, 0.25) is 0 Å². The van der Waals surface area contributed by atoms with Crippen molar-refractivity contribution in [2.24, 2.45) is 10.9 Å². The minimum Gasteiger partial charge on any atom is -0.504 e. The molecule has 0 fully saturated rings. The molecule has 142 valence electrons. The van der Waals surface area contributed by atoms with E-state index in [0.717, 1.165) is 5.56 Å². The molecule has 2 aromatic rings. The van der Waals surface area contributed by atoms with E-state index in [0.29, 0.717) is 10.0 Å². The summed E-state index contributed by atoms with van der Waals surface area (Å²) in [4.78, 5) is 27.6. The molecule has 0 saturated carbocycles. The van der Waals surface area contributed by atoms with Gasteiger partial charge in [-0.25, -0.2) is 9.59 Å². The molecule has 0 aliphatic carbocycles. The van der Waals surface area contributed by atoms with E-state index >= 15 is 0 Å². The molecule has 0 heterocycles. The van der Waals surface area contributed by atoms with E-state index in [9.17, 15) is 19.8 Å². The topological polar surface area (TPSA) is 96.2 Å². The molecule has 1 unspecified atom stereocenters. The second kappa shape index (κ2) is 8.81. The van der Waals surface area contributed by atoms with Gasteiger partial charge in [0.25, 0.3) is 0 Å². The Morgan fingerprint density at radius 1 is 1.22 bits per heavy atom. The summed E-state index contributed by atoms with van der Waals surface area (Å²) in [6.07, 6.45) is 1.27. The molecule has 0 saturated heterocycles. The van der Waals surface area contributed by atoms with E-state index in [1.54, 1.807) is 38.1 Å². The van der Waals surface area contributed by atoms with Crippen molar-refractivity contribution >= 4 is 34.1 Å². The van der Waals surface area contributed by atoms with Crippen molar-refractivity contribution < 1.29 is 24.5 Å². The maximum absolute atomic E-state index is 12.3. The Morgan fingerprint density at radius 2 is 1.93 bits per heavy atom. The highest BCUT2D eigenvalue weighted by molar-refractivity contribution is 9.10. The third kappa shape index (κ3) is 5.40. The fourth-order valence-electron chi connectivity index (χ4n) is 2.38. The van der Waals surface area contributed by atoms with E-state index in [1.807, 2.05) is 13.0 Å². The molecule has 0 spiro atoms. The van der Waals surface area contributed by atoms with E-state index < -0.39 is 18.0 Å². The van der Waals surface area contributed by atoms with Crippen molar-refractivity contribution in [1.82, 2.24) is 0 Å². The van der Waals surface area contributed by atoms with Crippen LogP contribution in [0, 0.1) is 12.8 Å². The van der Waals surface area contributed by atoms with Gasteiger partial charge < -0.3 is 14.9 Å². The molecule has 0 radical (unpaired) electrons. The van der Waals surface area contributed by atoms with Crippen molar-refractivity contribution in [2.45, 2.75) is 26.8 Å². The Hall–Kier alpha value is -2.67. The lowest BCUT2D eigenvalue weighted by molar-refractivity contribution is -0.139. The number of carbonyl (C=O) groups excluding carboxylic acids is 1. The summed E-state index contributed by atoms with van der Waals surface area (Å²) in [5.74, 6) is -2.22. The highest BCUT2D eigenvalue weighted by Crippen LogP contribution is 2.33. The highest BCUT2D eigenvalue weighted by Gasteiger charge is 2.20. The summed E-state index contributed by atoms with van der Waals surface area (Å²) in [5.41, 5.74) is 1.50. The van der Waals surface area contributed by atoms with Crippen LogP contribution >= 0.6 is 15.9 Å². The monoisotopic (exact) mass is 433 g/mol. The molecule has 27 heavy (non-hydrogen) atoms. The van der Waals surface area contributed by atoms with E-state index in [1.165, 1.54) is 12.3 Å². The molecular weight excluding hydrogens is 414 g/mol. The summed E-state index contributed by atoms with van der Waals surface area (Å²) in [5, 5.41) is 19.6. The number of aromatic hydroxyl groups is 1. The molecule has 0 amide bonds. The molecule has 6 nitrogen and oxygen atoms in total. The van der Waals surface area contributed by atoms with Crippen LogP contribution in [0.1, 0.15) is 35.3 Å². The van der Waals surface area contributed by atoms with Gasteiger partial charge in [0.05, 0.1) is 5.56 Å². The van der Waals surface area contributed by atoms with Crippen molar-refractivity contribution in [3.63, 3.8) is 0 Å². The Balaban J connectivity index is 2.32. The number of carboxylic acids is 1. The number of aliphatic imine (C=N–C) groups is 1. The number of carbonyl (C=O) groups is 2. The van der Waals surface area contributed by atoms with Crippen LogP contribution in [0.25, 0.3) is 0 Å². The summed E-state index contributed by atoms with van der Waals surface area (Å²) >= 11 is 3.29. The zero-order valence-corrected chi connectivity index (χ0v) is 16.7. The quantitative estimate of drug-likeness (QED) is 0.404. The highest BCUT2D eigenvalue weighted by atomic mass is 79.9. The molecule has 2 aromatic carbocycles. The van der Waals surface area contributed by atoms with Crippen molar-refractivity contribution in [3.8, 4) is 11.5 Å². The van der Waals surface area contributed by atoms with Gasteiger partial charge in [-0.05, 0) is 37.1 Å². The van der Waals surface area contributed by atoms with Crippen LogP contribution in [-0.2, 0) is 4.79 Å². The van der Waals surface area contributed by atoms with Crippen LogP contribution in [0.15, 0.2) is 45.9 Å². The average molecular weight is 434 g/mol. The lowest BCUT2D eigenvalue weighted by atomic mass is 10.1. The maximum atomic E-state index is 12.3. The second-order valence-corrected chi connectivity index (χ2v) is 7.32. The number of aryl methyl sites for hydroxylation is 1. The SMILES string of the molecule is Cc1cccc(C(=O)Oc2cc(Br)cc(C=NC(C(=O)O)C(C)C)c2O)c1. The third-order valence-electron chi connectivity index (χ3n) is 3.78. The summed E-state index contributed by atoms with van der Waals surface area (Å²) in [7, 11) is 0. The maximum Gasteiger partial charge on any atom is 0.343 e. The van der Waals surface area contributed by atoms with Crippen molar-refractivity contribution in [2.75, 3.05) is 0 Å². The Kier molecular flexibility index (Phi) is 6.74. The number of nitrogens with zero attached hydrogens (tertiary/aromatic N) is 1. The van der Waals surface area contributed by atoms with Crippen LogP contribution in [0.5, 0.6) is 11.5 Å². The van der Waals surface area contributed by atoms with E-state index in [4.69, 9.17) is 4.74 Å². The second-order valence-electron chi connectivity index (χ2n) is 6.41. The van der Waals surface area contributed by atoms with Gasteiger partial charge in [0.1, 0.15) is 6.04 Å². The number of phenols is 1. The van der Waals surface area contributed by atoms with Gasteiger partial charge in [-0.3, -0.25) is 4.99 Å². The number of aliphatic carboxylic acids is 1. The van der Waals surface area contributed by atoms with Gasteiger partial charge in [-0.15, -0.1) is 0 Å². The molecular formula is C20H20BrNO5. The van der Waals surface area contributed by atoms with E-state index in [-0.39, 0.29) is 23.0 Å². The molecule has 0 bridgehead atoms. The average Bonchev–Trinajstić information content (AvgIpc) is 2.58. The molecule has 7 heteroatoms. The number of hydrogen-bond acceptors (Lipinski definition) is 5. The predicted octanol–water partition coefficient (Wildman–Crippen LogP) is 4.21. The normalized spacial score (nSPS) is 12.3. The first-order valence-electron chi connectivity index (χ1n) is 8.26. The Bertz CT molecular complexity index is 892. The van der Waals surface area contributed by atoms with Crippen LogP contribution < -0.4 is 4.74 Å². The molecule has 1 atom stereocenters. The lowest BCUT2D eigenvalue weighted by Crippen LogP contribution is -2.24. The van der Waals surface area contributed by atoms with Gasteiger partial charge >= 0.3 is 11.9 Å². The van der Waals surface area contributed by atoms with Crippen molar-refractivity contribution in [1.29, 1.82) is 0 Å². The first-order chi connectivity index (χ1) is 12.7. The van der Waals surface area contributed by atoms with Crippen molar-refractivity contribution in [3.05, 3.63) is 57.6 Å². The smallest absolute Gasteiger partial charge is 0.343 e. The van der Waals surface area contributed by atoms with E-state index in [2.05, 4.69) is 20.9 Å². The number of esters is 1. The standard InChI is InChI=1S/C20H20BrNO5/c1-11(2)17(19(24)25)22-10-14-8-15(21)9-16(18(14)23)27-20(26)13-6-4-5-12(3)7-13/h4-11,17,23H,1-3H3,(H,24,25). The minimum atomic E-state index is -1.05. The fourth-order valence-corrected chi connectivity index (χ4v) is 2.84. The minimum absolute atomic E-state index is 0.0475. The number of benzene rings is 2. The molecule has 0 aliphatic heterocycles. The Morgan fingerprint density at radius 3 is 2.52 bits per heavy atom. The zero-order valence-electron chi connectivity index (χ0n) is 15.1. The van der Waals surface area contributed by atoms with Gasteiger partial charge in [0.2, 0.25) is 0 Å². The molecule has 2 N–H and O–H groups in total. The van der Waals surface area contributed by atoms with Crippen LogP contribution in [0.4, 0.5) is 0 Å². The first kappa shape index (κ1) is 20.6. The molecule has 0 aliphatic rings. The zero-order chi connectivity index (χ0) is 20.1. The van der Waals surface area contributed by atoms with Crippen LogP contribution in [-0.4, -0.2) is 34.4 Å². The lowest BCUT2D eigenvalue weighted by Gasteiger charge is -2.12. The van der Waals surface area contributed by atoms with Gasteiger partial charge in [-0.1, -0.05) is 47.5 Å². The van der Waals surface area contributed by atoms with Crippen LogP contribution in [0.3, 0.4) is 0 Å². The largest absolute Gasteiger partial charge is 0.504 e. The number of halogens is 1. The number of carboxylic acid groups (broad SMARTS) is 1. The van der Waals surface area contributed by atoms with Gasteiger partial charge in [0, 0.05) is 16.3 Å². The third-order valence-corrected chi connectivity index (χ3v) is 4.24. The molecule has 2 rings (SSSR count). The van der Waals surface area contributed by atoms with Gasteiger partial charge in [-0.2, -0.15) is 0 Å². The first-order valence-corrected chi connectivity index (χ1v) is 9.05. The predicted molar refractivity (Wildman–Crippen MR) is 106 cm³/mol. The summed E-state index contributed by atoms with van der Waals surface area (Å²) in [6, 6.07) is 8.96. The fraction of sp³-hybridized carbons (Fsp3) is 0.250. The number of ether oxygens (including phenoxy) is 1. The number of rotatable bonds is 6. The Labute approximate surface area is 165 Å². The molecule has 0 aromatic heterocycles. The number of hydrogen-bond donors (Lipinski definition) is 2.